The first-order valence-electron chi connectivity index (χ1n) is 10.8. The number of rotatable bonds is 6. The predicted octanol–water partition coefficient (Wildman–Crippen LogP) is 4.39. The molecule has 0 saturated carbocycles. The number of hydrogen-bond acceptors (Lipinski definition) is 6. The number of para-hydroxylation sites is 2. The van der Waals surface area contributed by atoms with Crippen LogP contribution in [0.3, 0.4) is 0 Å². The molecule has 5 rings (SSSR count). The van der Waals surface area contributed by atoms with Crippen LogP contribution in [0.4, 0.5) is 4.39 Å². The number of aryl methyl sites for hydroxylation is 2. The Kier molecular flexibility index (Phi) is 5.79. The highest BCUT2D eigenvalue weighted by molar-refractivity contribution is 7.99. The molecule has 0 fully saturated rings. The van der Waals surface area contributed by atoms with E-state index in [1.54, 1.807) is 43.2 Å². The van der Waals surface area contributed by atoms with Crippen LogP contribution >= 0.6 is 11.8 Å². The van der Waals surface area contributed by atoms with Crippen molar-refractivity contribution in [3.63, 3.8) is 0 Å². The highest BCUT2D eigenvalue weighted by Crippen LogP contribution is 2.31. The minimum absolute atomic E-state index is 0.101. The Balaban J connectivity index is 1.73. The normalized spacial score (nSPS) is 11.5. The number of esters is 1. The van der Waals surface area contributed by atoms with Crippen molar-refractivity contribution < 1.29 is 13.9 Å². The lowest BCUT2D eigenvalue weighted by Crippen LogP contribution is -2.21. The maximum Gasteiger partial charge on any atom is 0.345 e. The first-order valence-corrected chi connectivity index (χ1v) is 11.8. The Morgan fingerprint density at radius 3 is 2.68 bits per heavy atom. The fourth-order valence-corrected chi connectivity index (χ4v) is 5.13. The van der Waals surface area contributed by atoms with Crippen molar-refractivity contribution in [1.82, 2.24) is 18.9 Å². The monoisotopic (exact) mass is 476 g/mol. The van der Waals surface area contributed by atoms with Gasteiger partial charge in [0.15, 0.2) is 0 Å². The summed E-state index contributed by atoms with van der Waals surface area (Å²) in [5.74, 6) is -0.639. The Morgan fingerprint density at radius 1 is 1.15 bits per heavy atom. The van der Waals surface area contributed by atoms with E-state index in [1.165, 1.54) is 17.8 Å². The van der Waals surface area contributed by atoms with Gasteiger partial charge in [-0.05, 0) is 31.2 Å². The average molecular weight is 477 g/mol. The number of pyridine rings is 1. The van der Waals surface area contributed by atoms with Crippen molar-refractivity contribution in [2.24, 2.45) is 7.05 Å². The lowest BCUT2D eigenvalue weighted by molar-refractivity contribution is 0.0526. The van der Waals surface area contributed by atoms with Crippen LogP contribution in [0.25, 0.3) is 27.6 Å². The molecule has 0 spiro atoms. The van der Waals surface area contributed by atoms with Crippen molar-refractivity contribution in [3.8, 4) is 0 Å². The third-order valence-corrected chi connectivity index (χ3v) is 6.74. The zero-order chi connectivity index (χ0) is 23.8. The van der Waals surface area contributed by atoms with E-state index in [-0.39, 0.29) is 17.6 Å². The summed E-state index contributed by atoms with van der Waals surface area (Å²) in [6.07, 6.45) is 5.55. The van der Waals surface area contributed by atoms with E-state index in [2.05, 4.69) is 9.97 Å². The van der Waals surface area contributed by atoms with Gasteiger partial charge in [-0.1, -0.05) is 12.1 Å². The van der Waals surface area contributed by atoms with Gasteiger partial charge in [-0.25, -0.2) is 9.18 Å². The van der Waals surface area contributed by atoms with Gasteiger partial charge in [-0.2, -0.15) is 0 Å². The fraction of sp³-hybridized carbons (Fsp3) is 0.200. The minimum atomic E-state index is -0.722. The van der Waals surface area contributed by atoms with Crippen molar-refractivity contribution >= 4 is 45.3 Å². The number of fused-ring (bicyclic) bond motifs is 5. The molecule has 0 aliphatic heterocycles. The van der Waals surface area contributed by atoms with E-state index in [9.17, 15) is 9.59 Å². The summed E-state index contributed by atoms with van der Waals surface area (Å²) in [5, 5.41) is 0.132. The van der Waals surface area contributed by atoms with Crippen LogP contribution < -0.4 is 5.43 Å². The summed E-state index contributed by atoms with van der Waals surface area (Å²) >= 11 is 1.35. The molecule has 0 aliphatic carbocycles. The van der Waals surface area contributed by atoms with Crippen molar-refractivity contribution in [2.45, 2.75) is 18.2 Å². The summed E-state index contributed by atoms with van der Waals surface area (Å²) in [4.78, 5) is 35.0. The number of carbonyl (C=O) groups is 1. The second kappa shape index (κ2) is 8.90. The van der Waals surface area contributed by atoms with E-state index in [1.807, 2.05) is 28.7 Å². The summed E-state index contributed by atoms with van der Waals surface area (Å²) in [6, 6.07) is 10.5. The first kappa shape index (κ1) is 22.1. The summed E-state index contributed by atoms with van der Waals surface area (Å²) in [5.41, 5.74) is 2.76. The van der Waals surface area contributed by atoms with Crippen LogP contribution in [0, 0.1) is 5.82 Å². The lowest BCUT2D eigenvalue weighted by atomic mass is 10.1. The van der Waals surface area contributed by atoms with Crippen LogP contribution in [-0.4, -0.2) is 37.3 Å². The molecule has 2 aromatic carbocycles. The van der Waals surface area contributed by atoms with Gasteiger partial charge in [-0.3, -0.25) is 19.2 Å². The maximum absolute atomic E-state index is 15.1. The molecule has 0 unspecified atom stereocenters. The van der Waals surface area contributed by atoms with Crippen LogP contribution in [0.5, 0.6) is 0 Å². The number of nitrogens with zero attached hydrogens (tertiary/aromatic N) is 4. The van der Waals surface area contributed by atoms with E-state index in [0.717, 1.165) is 16.7 Å². The molecule has 0 N–H and O–H groups in total. The van der Waals surface area contributed by atoms with Crippen LogP contribution in [0.2, 0.25) is 0 Å². The fourth-order valence-electron chi connectivity index (χ4n) is 4.21. The molecule has 0 aliphatic rings. The zero-order valence-electron chi connectivity index (χ0n) is 18.6. The van der Waals surface area contributed by atoms with Gasteiger partial charge in [0.2, 0.25) is 5.43 Å². The summed E-state index contributed by atoms with van der Waals surface area (Å²) in [6.45, 7) is 1.81. The molecule has 0 bridgehead atoms. The van der Waals surface area contributed by atoms with Gasteiger partial charge >= 0.3 is 5.97 Å². The van der Waals surface area contributed by atoms with Gasteiger partial charge in [0.25, 0.3) is 0 Å². The predicted molar refractivity (Wildman–Crippen MR) is 130 cm³/mol. The molecule has 0 radical (unpaired) electrons. The Labute approximate surface area is 198 Å². The second-order valence-corrected chi connectivity index (χ2v) is 8.86. The quantitative estimate of drug-likeness (QED) is 0.267. The SMILES string of the molecule is CCOC(=O)c1c(=O)c2cc(F)c(SCCc3cnccn3)cc2n2c3ccccc3n(C)c12. The van der Waals surface area contributed by atoms with E-state index in [4.69, 9.17) is 4.74 Å². The van der Waals surface area contributed by atoms with Gasteiger partial charge < -0.3 is 9.30 Å². The van der Waals surface area contributed by atoms with E-state index >= 15 is 4.39 Å². The maximum atomic E-state index is 15.1. The Hall–Kier alpha value is -3.72. The summed E-state index contributed by atoms with van der Waals surface area (Å²) < 4.78 is 23.9. The molecule has 0 saturated heterocycles. The molecular formula is C25H21FN4O3S. The molecular weight excluding hydrogens is 455 g/mol. The van der Waals surface area contributed by atoms with Crippen LogP contribution in [-0.2, 0) is 18.2 Å². The number of hydrogen-bond donors (Lipinski definition) is 0. The lowest BCUT2D eigenvalue weighted by Gasteiger charge is -2.12. The first-order chi connectivity index (χ1) is 16.5. The van der Waals surface area contributed by atoms with Gasteiger partial charge in [0.05, 0.1) is 34.2 Å². The third kappa shape index (κ3) is 3.62. The average Bonchev–Trinajstić information content (AvgIpc) is 3.13. The molecule has 0 atom stereocenters. The van der Waals surface area contributed by atoms with Crippen molar-refractivity contribution in [2.75, 3.05) is 12.4 Å². The number of carbonyl (C=O) groups excluding carboxylic acids is 1. The van der Waals surface area contributed by atoms with Gasteiger partial charge in [0.1, 0.15) is 17.0 Å². The van der Waals surface area contributed by atoms with Crippen molar-refractivity contribution in [3.05, 3.63) is 82.3 Å². The highest BCUT2D eigenvalue weighted by Gasteiger charge is 2.25. The number of halogens is 1. The topological polar surface area (TPSA) is 78.5 Å². The zero-order valence-corrected chi connectivity index (χ0v) is 19.4. The number of imidazole rings is 1. The molecule has 0 amide bonds. The molecule has 172 valence electrons. The van der Waals surface area contributed by atoms with Crippen LogP contribution in [0.1, 0.15) is 23.0 Å². The molecule has 9 heteroatoms. The second-order valence-electron chi connectivity index (χ2n) is 7.73. The molecule has 3 aromatic heterocycles. The Morgan fingerprint density at radius 2 is 1.94 bits per heavy atom. The van der Waals surface area contributed by atoms with E-state index in [0.29, 0.717) is 28.2 Å². The number of aromatic nitrogens is 4. The smallest absolute Gasteiger partial charge is 0.345 e. The standard InChI is InChI=1S/C25H21FN4O3S/c1-3-33-25(32)22-23(31)16-12-17(26)21(34-11-8-15-14-27-9-10-28-15)13-20(16)30-19-7-5-4-6-18(19)29(2)24(22)30/h4-7,9-10,12-14H,3,8,11H2,1-2H3. The number of thioether (sulfide) groups is 1. The van der Waals surface area contributed by atoms with Gasteiger partial charge in [0, 0.05) is 42.7 Å². The molecule has 7 nitrogen and oxygen atoms in total. The minimum Gasteiger partial charge on any atom is -0.462 e. The van der Waals surface area contributed by atoms with E-state index < -0.39 is 17.2 Å². The number of ether oxygens (including phenoxy) is 1. The summed E-state index contributed by atoms with van der Waals surface area (Å²) in [7, 11) is 1.80. The van der Waals surface area contributed by atoms with Gasteiger partial charge in [-0.15, -0.1) is 11.8 Å². The molecule has 5 aromatic rings. The largest absolute Gasteiger partial charge is 0.462 e. The highest BCUT2D eigenvalue weighted by atomic mass is 32.2. The Bertz CT molecular complexity index is 1610. The molecule has 3 heterocycles. The van der Waals surface area contributed by atoms with Crippen LogP contribution in [0.15, 0.2) is 64.7 Å². The number of benzene rings is 2. The van der Waals surface area contributed by atoms with Crippen molar-refractivity contribution in [1.29, 1.82) is 0 Å². The molecule has 34 heavy (non-hydrogen) atoms. The third-order valence-electron chi connectivity index (χ3n) is 5.71.